The van der Waals surface area contributed by atoms with Gasteiger partial charge in [0.05, 0.1) is 22.8 Å². The number of rotatable bonds is 7. The predicted molar refractivity (Wildman–Crippen MR) is 99.7 cm³/mol. The second-order valence-electron chi connectivity index (χ2n) is 5.92. The maximum Gasteiger partial charge on any atom is 0.417 e. The molecule has 0 aliphatic carbocycles. The molecule has 1 unspecified atom stereocenters. The van der Waals surface area contributed by atoms with Crippen molar-refractivity contribution in [2.24, 2.45) is 0 Å². The highest BCUT2D eigenvalue weighted by molar-refractivity contribution is 6.35. The first-order valence-corrected chi connectivity index (χ1v) is 8.94. The smallest absolute Gasteiger partial charge is 0.417 e. The van der Waals surface area contributed by atoms with E-state index in [1.54, 1.807) is 19.1 Å². The van der Waals surface area contributed by atoms with E-state index in [1.165, 1.54) is 19.1 Å². The summed E-state index contributed by atoms with van der Waals surface area (Å²) in [5.41, 5.74) is -1.84. The van der Waals surface area contributed by atoms with E-state index >= 15 is 0 Å². The highest BCUT2D eigenvalue weighted by Gasteiger charge is 2.36. The minimum atomic E-state index is -4.75. The molecule has 156 valence electrons. The molecule has 2 rings (SSSR count). The second kappa shape index (κ2) is 9.17. The number of benzene rings is 2. The zero-order chi connectivity index (χ0) is 21.8. The molecule has 0 fully saturated rings. The Balaban J connectivity index is 2.39. The third-order valence-corrected chi connectivity index (χ3v) is 4.13. The number of Topliss-reactive ketones (excluding diaryl/α,β-unsaturated/α-hetero) is 1. The van der Waals surface area contributed by atoms with Gasteiger partial charge >= 0.3 is 12.1 Å². The molecular weight excluding hydrogens is 413 g/mol. The van der Waals surface area contributed by atoms with Crippen molar-refractivity contribution in [2.75, 3.05) is 6.61 Å². The van der Waals surface area contributed by atoms with E-state index in [0.29, 0.717) is 0 Å². The highest BCUT2D eigenvalue weighted by Crippen LogP contribution is 2.42. The third-order valence-electron chi connectivity index (χ3n) is 3.76. The van der Waals surface area contributed by atoms with E-state index in [0.717, 1.165) is 19.1 Å². The van der Waals surface area contributed by atoms with Gasteiger partial charge in [0.25, 0.3) is 0 Å². The van der Waals surface area contributed by atoms with Gasteiger partial charge < -0.3 is 14.2 Å². The SMILES string of the molecule is CCOC(=O)C(C)Oc1ccccc1Oc1ccc(C(F)(F)F)c(C(C)=O)c1Cl. The summed E-state index contributed by atoms with van der Waals surface area (Å²) < 4.78 is 55.6. The lowest BCUT2D eigenvalue weighted by atomic mass is 10.0. The number of ketones is 1. The van der Waals surface area contributed by atoms with Gasteiger partial charge in [-0.2, -0.15) is 13.2 Å². The standard InChI is InChI=1S/C20H18ClF3O5/c1-4-27-19(26)12(3)28-14-7-5-6-8-15(14)29-16-10-9-13(20(22,23)24)17(11(2)25)18(16)21/h5-10,12H,4H2,1-3H3. The highest BCUT2D eigenvalue weighted by atomic mass is 35.5. The molecule has 0 amide bonds. The molecule has 0 spiro atoms. The largest absolute Gasteiger partial charge is 0.475 e. The van der Waals surface area contributed by atoms with E-state index in [4.69, 9.17) is 25.8 Å². The second-order valence-corrected chi connectivity index (χ2v) is 6.29. The van der Waals surface area contributed by atoms with Gasteiger partial charge in [0, 0.05) is 0 Å². The van der Waals surface area contributed by atoms with Crippen LogP contribution in [0.4, 0.5) is 13.2 Å². The molecule has 9 heteroatoms. The summed E-state index contributed by atoms with van der Waals surface area (Å²) in [5, 5.41) is -0.472. The van der Waals surface area contributed by atoms with Crippen molar-refractivity contribution in [3.05, 3.63) is 52.5 Å². The van der Waals surface area contributed by atoms with E-state index in [2.05, 4.69) is 0 Å². The zero-order valence-corrected chi connectivity index (χ0v) is 16.6. The molecule has 0 bridgehead atoms. The average Bonchev–Trinajstić information content (AvgIpc) is 2.63. The van der Waals surface area contributed by atoms with Gasteiger partial charge in [0.1, 0.15) is 5.75 Å². The Morgan fingerprint density at radius 2 is 1.69 bits per heavy atom. The first-order chi connectivity index (χ1) is 13.6. The summed E-state index contributed by atoms with van der Waals surface area (Å²) >= 11 is 6.05. The lowest BCUT2D eigenvalue weighted by Crippen LogP contribution is -2.26. The monoisotopic (exact) mass is 430 g/mol. The Labute approximate surface area is 170 Å². The molecule has 0 heterocycles. The van der Waals surface area contributed by atoms with Crippen LogP contribution in [0.5, 0.6) is 17.2 Å². The van der Waals surface area contributed by atoms with Crippen LogP contribution in [0, 0.1) is 0 Å². The Hall–Kier alpha value is -2.74. The summed E-state index contributed by atoms with van der Waals surface area (Å²) in [4.78, 5) is 23.5. The van der Waals surface area contributed by atoms with Gasteiger partial charge in [0.15, 0.2) is 23.4 Å². The van der Waals surface area contributed by atoms with E-state index in [9.17, 15) is 22.8 Å². The summed E-state index contributed by atoms with van der Waals surface area (Å²) in [5.74, 6) is -1.36. The molecule has 0 aliphatic heterocycles. The zero-order valence-electron chi connectivity index (χ0n) is 15.8. The molecule has 2 aromatic rings. The van der Waals surface area contributed by atoms with Crippen molar-refractivity contribution in [3.8, 4) is 17.2 Å². The van der Waals surface area contributed by atoms with E-state index in [-0.39, 0.29) is 23.9 Å². The van der Waals surface area contributed by atoms with Crippen molar-refractivity contribution < 1.29 is 37.0 Å². The number of hydrogen-bond acceptors (Lipinski definition) is 5. The summed E-state index contributed by atoms with van der Waals surface area (Å²) in [6.07, 6.45) is -5.70. The Morgan fingerprint density at radius 3 is 2.24 bits per heavy atom. The van der Waals surface area contributed by atoms with Gasteiger partial charge in [-0.3, -0.25) is 4.79 Å². The minimum Gasteiger partial charge on any atom is -0.475 e. The van der Waals surface area contributed by atoms with Crippen LogP contribution in [-0.4, -0.2) is 24.5 Å². The molecule has 0 aliphatic rings. The number of hydrogen-bond donors (Lipinski definition) is 0. The number of carbonyl (C=O) groups excluding carboxylic acids is 2. The number of ether oxygens (including phenoxy) is 3. The number of para-hydroxylation sites is 2. The fourth-order valence-electron chi connectivity index (χ4n) is 2.46. The van der Waals surface area contributed by atoms with Crippen molar-refractivity contribution in [1.29, 1.82) is 0 Å². The molecule has 5 nitrogen and oxygen atoms in total. The van der Waals surface area contributed by atoms with E-state index in [1.807, 2.05) is 0 Å². The minimum absolute atomic E-state index is 0.0970. The Kier molecular flexibility index (Phi) is 7.13. The van der Waals surface area contributed by atoms with Crippen molar-refractivity contribution in [3.63, 3.8) is 0 Å². The first kappa shape index (κ1) is 22.5. The molecular formula is C20H18ClF3O5. The van der Waals surface area contributed by atoms with Crippen LogP contribution >= 0.6 is 11.6 Å². The summed E-state index contributed by atoms with van der Waals surface area (Å²) in [6.45, 7) is 4.30. The van der Waals surface area contributed by atoms with Crippen molar-refractivity contribution in [1.82, 2.24) is 0 Å². The van der Waals surface area contributed by atoms with Gasteiger partial charge in [-0.15, -0.1) is 0 Å². The molecule has 0 saturated heterocycles. The van der Waals surface area contributed by atoms with Crippen LogP contribution in [0.1, 0.15) is 36.7 Å². The normalized spacial score (nSPS) is 12.2. The quantitative estimate of drug-likeness (QED) is 0.417. The molecule has 0 saturated carbocycles. The van der Waals surface area contributed by atoms with Crippen LogP contribution in [0.25, 0.3) is 0 Å². The van der Waals surface area contributed by atoms with Crippen LogP contribution in [0.2, 0.25) is 5.02 Å². The number of esters is 1. The van der Waals surface area contributed by atoms with Gasteiger partial charge in [-0.05, 0) is 45.0 Å². The maximum atomic E-state index is 13.2. The van der Waals surface area contributed by atoms with Gasteiger partial charge in [0.2, 0.25) is 0 Å². The maximum absolute atomic E-state index is 13.2. The van der Waals surface area contributed by atoms with E-state index < -0.39 is 40.2 Å². The number of carbonyl (C=O) groups is 2. The fourth-order valence-corrected chi connectivity index (χ4v) is 2.80. The summed E-state index contributed by atoms with van der Waals surface area (Å²) in [6, 6.07) is 7.95. The molecule has 29 heavy (non-hydrogen) atoms. The number of halogens is 4. The Bertz CT molecular complexity index is 911. The lowest BCUT2D eigenvalue weighted by Gasteiger charge is -2.18. The van der Waals surface area contributed by atoms with Gasteiger partial charge in [-0.1, -0.05) is 23.7 Å². The van der Waals surface area contributed by atoms with Crippen LogP contribution in [0.3, 0.4) is 0 Å². The lowest BCUT2D eigenvalue weighted by molar-refractivity contribution is -0.150. The first-order valence-electron chi connectivity index (χ1n) is 8.57. The van der Waals surface area contributed by atoms with Crippen LogP contribution in [0.15, 0.2) is 36.4 Å². The average molecular weight is 431 g/mol. The molecule has 0 N–H and O–H groups in total. The molecule has 1 atom stereocenters. The fraction of sp³-hybridized carbons (Fsp3) is 0.300. The predicted octanol–water partition coefficient (Wildman–Crippen LogP) is 5.68. The van der Waals surface area contributed by atoms with Gasteiger partial charge in [-0.25, -0.2) is 4.79 Å². The number of alkyl halides is 3. The van der Waals surface area contributed by atoms with Crippen molar-refractivity contribution in [2.45, 2.75) is 33.1 Å². The van der Waals surface area contributed by atoms with Crippen LogP contribution < -0.4 is 9.47 Å². The topological polar surface area (TPSA) is 61.8 Å². The van der Waals surface area contributed by atoms with Crippen LogP contribution in [-0.2, 0) is 15.7 Å². The Morgan fingerprint density at radius 1 is 1.07 bits per heavy atom. The summed E-state index contributed by atoms with van der Waals surface area (Å²) in [7, 11) is 0. The van der Waals surface area contributed by atoms with Crippen molar-refractivity contribution >= 4 is 23.4 Å². The molecule has 2 aromatic carbocycles. The third kappa shape index (κ3) is 5.41. The molecule has 0 aromatic heterocycles. The molecule has 0 radical (unpaired) electrons.